The molecule has 0 radical (unpaired) electrons. The van der Waals surface area contributed by atoms with Gasteiger partial charge in [-0.05, 0) is 29.2 Å². The molecule has 0 atom stereocenters. The number of hydrazone groups is 1. The van der Waals surface area contributed by atoms with E-state index in [1.165, 1.54) is 5.56 Å². The predicted octanol–water partition coefficient (Wildman–Crippen LogP) is 3.35. The quantitative estimate of drug-likeness (QED) is 0.627. The number of ether oxygens (including phenoxy) is 2. The summed E-state index contributed by atoms with van der Waals surface area (Å²) in [5.41, 5.74) is 4.63. The van der Waals surface area contributed by atoms with Crippen molar-refractivity contribution in [2.45, 2.75) is 19.8 Å². The fraction of sp³-hybridized carbons (Fsp3) is 0.263. The number of carbonyl (C=O) groups is 1. The van der Waals surface area contributed by atoms with E-state index in [4.69, 9.17) is 9.47 Å². The number of carbonyl (C=O) groups excluding carboxylic acids is 1. The molecule has 1 amide bonds. The molecule has 0 saturated carbocycles. The summed E-state index contributed by atoms with van der Waals surface area (Å²) in [6.07, 6.45) is 1.60. The maximum absolute atomic E-state index is 11.7. The average Bonchev–Trinajstić information content (AvgIpc) is 2.60. The molecule has 0 unspecified atom stereocenters. The molecule has 1 N–H and O–H groups in total. The van der Waals surface area contributed by atoms with Crippen molar-refractivity contribution >= 4 is 12.1 Å². The van der Waals surface area contributed by atoms with Gasteiger partial charge in [-0.3, -0.25) is 4.79 Å². The Morgan fingerprint density at radius 2 is 1.88 bits per heavy atom. The Bertz CT molecular complexity index is 694. The van der Waals surface area contributed by atoms with Gasteiger partial charge in [0, 0.05) is 6.07 Å². The monoisotopic (exact) mass is 326 g/mol. The maximum Gasteiger partial charge on any atom is 0.277 e. The second-order valence-corrected chi connectivity index (χ2v) is 5.58. The van der Waals surface area contributed by atoms with Crippen molar-refractivity contribution in [1.29, 1.82) is 0 Å². The summed E-state index contributed by atoms with van der Waals surface area (Å²) < 4.78 is 10.5. The van der Waals surface area contributed by atoms with Crippen LogP contribution in [0, 0.1) is 0 Å². The smallest absolute Gasteiger partial charge is 0.277 e. The van der Waals surface area contributed by atoms with Gasteiger partial charge in [0.2, 0.25) is 0 Å². The summed E-state index contributed by atoms with van der Waals surface area (Å²) in [5, 5.41) is 3.93. The van der Waals surface area contributed by atoms with Crippen LogP contribution < -0.4 is 14.9 Å². The maximum atomic E-state index is 11.7. The van der Waals surface area contributed by atoms with Crippen LogP contribution in [0.5, 0.6) is 11.5 Å². The SMILES string of the molecule is COc1cccc(OCC(=O)N/N=C/c2ccc(C(C)C)cc2)c1. The minimum atomic E-state index is -0.326. The molecule has 0 aliphatic carbocycles. The van der Waals surface area contributed by atoms with Gasteiger partial charge < -0.3 is 9.47 Å². The van der Waals surface area contributed by atoms with Crippen molar-refractivity contribution in [3.63, 3.8) is 0 Å². The molecule has 2 aromatic rings. The number of rotatable bonds is 7. The van der Waals surface area contributed by atoms with Gasteiger partial charge in [-0.25, -0.2) is 5.43 Å². The van der Waals surface area contributed by atoms with Crippen LogP contribution >= 0.6 is 0 Å². The molecule has 0 aliphatic heterocycles. The minimum absolute atomic E-state index is 0.114. The van der Waals surface area contributed by atoms with Crippen LogP contribution in [0.15, 0.2) is 53.6 Å². The van der Waals surface area contributed by atoms with Crippen molar-refractivity contribution in [3.05, 3.63) is 59.7 Å². The zero-order chi connectivity index (χ0) is 17.4. The first-order valence-electron chi connectivity index (χ1n) is 7.77. The van der Waals surface area contributed by atoms with Gasteiger partial charge in [0.15, 0.2) is 6.61 Å². The number of nitrogens with one attached hydrogen (secondary N) is 1. The third-order valence-corrected chi connectivity index (χ3v) is 3.42. The second kappa shape index (κ2) is 8.72. The lowest BCUT2D eigenvalue weighted by Crippen LogP contribution is -2.24. The van der Waals surface area contributed by atoms with E-state index in [0.29, 0.717) is 17.4 Å². The Morgan fingerprint density at radius 1 is 1.17 bits per heavy atom. The molecule has 2 aromatic carbocycles. The zero-order valence-electron chi connectivity index (χ0n) is 14.2. The predicted molar refractivity (Wildman–Crippen MR) is 94.8 cm³/mol. The fourth-order valence-electron chi connectivity index (χ4n) is 2.02. The molecule has 24 heavy (non-hydrogen) atoms. The van der Waals surface area contributed by atoms with Crippen LogP contribution in [0.1, 0.15) is 30.9 Å². The van der Waals surface area contributed by atoms with E-state index in [1.807, 2.05) is 18.2 Å². The molecule has 0 spiro atoms. The fourth-order valence-corrected chi connectivity index (χ4v) is 2.02. The molecule has 0 saturated heterocycles. The first kappa shape index (κ1) is 17.5. The summed E-state index contributed by atoms with van der Waals surface area (Å²) in [5.74, 6) is 1.41. The first-order valence-corrected chi connectivity index (χ1v) is 7.77. The Labute approximate surface area is 142 Å². The van der Waals surface area contributed by atoms with Crippen LogP contribution in [-0.2, 0) is 4.79 Å². The first-order chi connectivity index (χ1) is 11.6. The summed E-state index contributed by atoms with van der Waals surface area (Å²) in [6.45, 7) is 4.17. The Kier molecular flexibility index (Phi) is 6.37. The Morgan fingerprint density at radius 3 is 2.54 bits per heavy atom. The highest BCUT2D eigenvalue weighted by atomic mass is 16.5. The minimum Gasteiger partial charge on any atom is -0.497 e. The normalized spacial score (nSPS) is 10.8. The largest absolute Gasteiger partial charge is 0.497 e. The zero-order valence-corrected chi connectivity index (χ0v) is 14.2. The highest BCUT2D eigenvalue weighted by molar-refractivity contribution is 5.82. The molecule has 0 aromatic heterocycles. The molecule has 0 heterocycles. The lowest BCUT2D eigenvalue weighted by Gasteiger charge is -2.06. The molecule has 5 nitrogen and oxygen atoms in total. The van der Waals surface area contributed by atoms with E-state index in [9.17, 15) is 4.79 Å². The van der Waals surface area contributed by atoms with E-state index >= 15 is 0 Å². The van der Waals surface area contributed by atoms with Crippen LogP contribution in [0.25, 0.3) is 0 Å². The topological polar surface area (TPSA) is 59.9 Å². The van der Waals surface area contributed by atoms with Gasteiger partial charge in [0.05, 0.1) is 13.3 Å². The van der Waals surface area contributed by atoms with Crippen LogP contribution in [0.4, 0.5) is 0 Å². The van der Waals surface area contributed by atoms with Crippen molar-refractivity contribution in [3.8, 4) is 11.5 Å². The van der Waals surface area contributed by atoms with Gasteiger partial charge >= 0.3 is 0 Å². The van der Waals surface area contributed by atoms with Crippen LogP contribution in [0.2, 0.25) is 0 Å². The summed E-state index contributed by atoms with van der Waals surface area (Å²) >= 11 is 0. The molecule has 0 fully saturated rings. The molecule has 5 heteroatoms. The molecular formula is C19H22N2O3. The molecule has 0 bridgehead atoms. The number of hydrogen-bond acceptors (Lipinski definition) is 4. The number of benzene rings is 2. The highest BCUT2D eigenvalue weighted by Crippen LogP contribution is 2.18. The van der Waals surface area contributed by atoms with Gasteiger partial charge in [0.1, 0.15) is 11.5 Å². The number of hydrogen-bond donors (Lipinski definition) is 1. The Balaban J connectivity index is 1.79. The standard InChI is InChI=1S/C19H22N2O3/c1-14(2)16-9-7-15(8-10-16)12-20-21-19(22)13-24-18-6-4-5-17(11-18)23-3/h4-12,14H,13H2,1-3H3,(H,21,22)/b20-12+. The number of nitrogens with zero attached hydrogens (tertiary/aromatic N) is 1. The van der Waals surface area contributed by atoms with E-state index in [2.05, 4.69) is 36.5 Å². The summed E-state index contributed by atoms with van der Waals surface area (Å²) in [6, 6.07) is 15.1. The van der Waals surface area contributed by atoms with Crippen molar-refractivity contribution in [2.75, 3.05) is 13.7 Å². The third kappa shape index (κ3) is 5.43. The number of amides is 1. The molecule has 0 aliphatic rings. The van der Waals surface area contributed by atoms with E-state index in [1.54, 1.807) is 31.5 Å². The molecular weight excluding hydrogens is 304 g/mol. The van der Waals surface area contributed by atoms with Gasteiger partial charge in [-0.15, -0.1) is 0 Å². The van der Waals surface area contributed by atoms with Crippen LogP contribution in [-0.4, -0.2) is 25.8 Å². The Hall–Kier alpha value is -2.82. The van der Waals surface area contributed by atoms with Gasteiger partial charge in [-0.1, -0.05) is 44.2 Å². The van der Waals surface area contributed by atoms with Crippen molar-refractivity contribution in [2.24, 2.45) is 5.10 Å². The van der Waals surface area contributed by atoms with Gasteiger partial charge in [0.25, 0.3) is 5.91 Å². The van der Waals surface area contributed by atoms with Crippen molar-refractivity contribution < 1.29 is 14.3 Å². The lowest BCUT2D eigenvalue weighted by molar-refractivity contribution is -0.123. The lowest BCUT2D eigenvalue weighted by atomic mass is 10.0. The summed E-state index contributed by atoms with van der Waals surface area (Å²) in [7, 11) is 1.58. The summed E-state index contributed by atoms with van der Waals surface area (Å²) in [4.78, 5) is 11.7. The van der Waals surface area contributed by atoms with E-state index < -0.39 is 0 Å². The second-order valence-electron chi connectivity index (χ2n) is 5.58. The number of methoxy groups -OCH3 is 1. The molecule has 2 rings (SSSR count). The van der Waals surface area contributed by atoms with Gasteiger partial charge in [-0.2, -0.15) is 5.10 Å². The third-order valence-electron chi connectivity index (χ3n) is 3.42. The average molecular weight is 326 g/mol. The van der Waals surface area contributed by atoms with E-state index in [0.717, 1.165) is 5.56 Å². The van der Waals surface area contributed by atoms with Crippen molar-refractivity contribution in [1.82, 2.24) is 5.43 Å². The highest BCUT2D eigenvalue weighted by Gasteiger charge is 2.02. The molecule has 126 valence electrons. The van der Waals surface area contributed by atoms with Crippen LogP contribution in [0.3, 0.4) is 0 Å². The van der Waals surface area contributed by atoms with E-state index in [-0.39, 0.29) is 12.5 Å².